The van der Waals surface area contributed by atoms with Crippen LogP contribution in [0.5, 0.6) is 23.3 Å². The molecule has 1 heterocycles. The number of anilines is 2. The van der Waals surface area contributed by atoms with Crippen molar-refractivity contribution in [2.24, 2.45) is 0 Å². The van der Waals surface area contributed by atoms with E-state index < -0.39 is 5.91 Å². The monoisotopic (exact) mass is 601 g/mol. The second-order valence-electron chi connectivity index (χ2n) is 11.4. The molecule has 236 valence electrons. The minimum atomic E-state index is -0.439. The number of fused-ring (bicyclic) bond motifs is 1. The van der Waals surface area contributed by atoms with Gasteiger partial charge in [-0.1, -0.05) is 108 Å². The number of aromatic nitrogens is 1. The van der Waals surface area contributed by atoms with Crippen LogP contribution in [-0.4, -0.2) is 32.4 Å². The highest BCUT2D eigenvalue weighted by Gasteiger charge is 2.17. The van der Waals surface area contributed by atoms with Gasteiger partial charge < -0.3 is 30.7 Å². The smallest absolute Gasteiger partial charge is 0.259 e. The average molecular weight is 602 g/mol. The molecule has 5 N–H and O–H groups in total. The molecule has 0 radical (unpaired) electrons. The van der Waals surface area contributed by atoms with Crippen LogP contribution in [0, 0.1) is 0 Å². The van der Waals surface area contributed by atoms with Gasteiger partial charge in [-0.05, 0) is 30.7 Å². The lowest BCUT2D eigenvalue weighted by molar-refractivity contribution is 0.102. The molecule has 1 amide bonds. The van der Waals surface area contributed by atoms with Crippen molar-refractivity contribution < 1.29 is 24.9 Å². The van der Waals surface area contributed by atoms with E-state index in [9.17, 15) is 20.1 Å². The number of ether oxygens (including phenoxy) is 1. The zero-order valence-electron chi connectivity index (χ0n) is 25.9. The van der Waals surface area contributed by atoms with Gasteiger partial charge in [-0.15, -0.1) is 0 Å². The maximum absolute atomic E-state index is 13.3. The summed E-state index contributed by atoms with van der Waals surface area (Å²) in [6, 6.07) is 18.8. The van der Waals surface area contributed by atoms with E-state index in [1.807, 2.05) is 24.3 Å². The van der Waals surface area contributed by atoms with E-state index in [0.717, 1.165) is 12.8 Å². The van der Waals surface area contributed by atoms with Crippen molar-refractivity contribution in [3.8, 4) is 23.3 Å². The van der Waals surface area contributed by atoms with Crippen LogP contribution in [0.3, 0.4) is 0 Å². The van der Waals surface area contributed by atoms with Gasteiger partial charge in [-0.25, -0.2) is 0 Å². The summed E-state index contributed by atoms with van der Waals surface area (Å²) in [7, 11) is 0. The molecular formula is C36H47N3O5. The van der Waals surface area contributed by atoms with Gasteiger partial charge in [0, 0.05) is 28.6 Å². The quantitative estimate of drug-likeness (QED) is 0.0685. The normalized spacial score (nSPS) is 11.1. The predicted octanol–water partition coefficient (Wildman–Crippen LogP) is 9.16. The number of hydrogen-bond acceptors (Lipinski definition) is 6. The zero-order chi connectivity index (χ0) is 31.1. The topological polar surface area (TPSA) is 116 Å². The Morgan fingerprint density at radius 2 is 1.30 bits per heavy atom. The molecule has 0 fully saturated rings. The maximum Gasteiger partial charge on any atom is 0.259 e. The van der Waals surface area contributed by atoms with Crippen molar-refractivity contribution >= 4 is 28.1 Å². The van der Waals surface area contributed by atoms with Crippen LogP contribution in [0.15, 0.2) is 66.7 Å². The third kappa shape index (κ3) is 9.09. The van der Waals surface area contributed by atoms with Crippen LogP contribution in [0.2, 0.25) is 0 Å². The number of nitrogens with zero attached hydrogens (tertiary/aromatic N) is 1. The Balaban J connectivity index is 1.26. The highest BCUT2D eigenvalue weighted by atomic mass is 16.5. The largest absolute Gasteiger partial charge is 0.506 e. The van der Waals surface area contributed by atoms with Crippen LogP contribution in [0.25, 0.3) is 10.8 Å². The number of nitrogens with one attached hydrogen (secondary N) is 2. The van der Waals surface area contributed by atoms with Crippen molar-refractivity contribution in [2.75, 3.05) is 17.2 Å². The van der Waals surface area contributed by atoms with Crippen molar-refractivity contribution in [3.63, 3.8) is 0 Å². The molecule has 1 aromatic heterocycles. The highest BCUT2D eigenvalue weighted by molar-refractivity contribution is 6.11. The molecule has 4 rings (SSSR count). The van der Waals surface area contributed by atoms with Crippen LogP contribution in [0.4, 0.5) is 11.4 Å². The van der Waals surface area contributed by atoms with Gasteiger partial charge in [0.05, 0.1) is 24.5 Å². The van der Waals surface area contributed by atoms with Crippen molar-refractivity contribution in [2.45, 2.75) is 90.6 Å². The minimum absolute atomic E-state index is 0.0737. The van der Waals surface area contributed by atoms with Crippen molar-refractivity contribution in [1.29, 1.82) is 0 Å². The molecule has 0 spiro atoms. The van der Waals surface area contributed by atoms with Gasteiger partial charge >= 0.3 is 0 Å². The van der Waals surface area contributed by atoms with E-state index >= 15 is 0 Å². The number of rotatable bonds is 19. The summed E-state index contributed by atoms with van der Waals surface area (Å²) in [4.78, 5) is 13.3. The van der Waals surface area contributed by atoms with E-state index in [-0.39, 0.29) is 29.7 Å². The molecule has 0 saturated carbocycles. The number of phenolic OH excluding ortho intramolecular Hbond substituents is 1. The van der Waals surface area contributed by atoms with Crippen molar-refractivity contribution in [1.82, 2.24) is 4.57 Å². The van der Waals surface area contributed by atoms with Gasteiger partial charge in [0.25, 0.3) is 5.91 Å². The minimum Gasteiger partial charge on any atom is -0.506 e. The Bertz CT molecular complexity index is 1460. The average Bonchev–Trinajstić information content (AvgIpc) is 3.35. The second kappa shape index (κ2) is 17.1. The van der Waals surface area contributed by atoms with Crippen LogP contribution >= 0.6 is 0 Å². The van der Waals surface area contributed by atoms with Crippen LogP contribution in [0.1, 0.15) is 94.3 Å². The molecule has 0 aliphatic carbocycles. The standard InChI is InChI=1S/C36H47N3O5/c1-2-3-4-5-6-7-8-9-10-11-12-15-25-44-32-20-14-13-18-31(32)38-36(43)29-22-21-27-28(35(29)42)17-16-19-30(27)37-26-39-33(40)23-24-34(39)41/h13-14,16-24,37,40-42H,2-12,15,25-26H2,1H3,(H,38,43). The summed E-state index contributed by atoms with van der Waals surface area (Å²) >= 11 is 0. The maximum atomic E-state index is 13.3. The molecule has 0 unspecified atom stereocenters. The number of para-hydroxylation sites is 2. The molecule has 8 nitrogen and oxygen atoms in total. The number of amides is 1. The van der Waals surface area contributed by atoms with Crippen LogP contribution in [-0.2, 0) is 6.67 Å². The van der Waals surface area contributed by atoms with Gasteiger partial charge in [0.2, 0.25) is 0 Å². The first-order chi connectivity index (χ1) is 21.5. The van der Waals surface area contributed by atoms with Gasteiger partial charge in [0.1, 0.15) is 11.5 Å². The number of aromatic hydroxyl groups is 3. The van der Waals surface area contributed by atoms with E-state index in [4.69, 9.17) is 4.74 Å². The first-order valence-corrected chi connectivity index (χ1v) is 16.1. The molecule has 4 aromatic rings. The lowest BCUT2D eigenvalue weighted by Gasteiger charge is -2.15. The van der Waals surface area contributed by atoms with Gasteiger partial charge in [-0.3, -0.25) is 9.36 Å². The third-order valence-corrected chi connectivity index (χ3v) is 8.03. The summed E-state index contributed by atoms with van der Waals surface area (Å²) in [5, 5.41) is 38.1. The van der Waals surface area contributed by atoms with E-state index in [2.05, 4.69) is 17.6 Å². The highest BCUT2D eigenvalue weighted by Crippen LogP contribution is 2.35. The number of benzene rings is 3. The van der Waals surface area contributed by atoms with E-state index in [1.165, 1.54) is 80.9 Å². The van der Waals surface area contributed by atoms with Crippen molar-refractivity contribution in [3.05, 3.63) is 72.3 Å². The number of unbranched alkanes of at least 4 members (excludes halogenated alkanes) is 11. The Kier molecular flexibility index (Phi) is 12.7. The fourth-order valence-electron chi connectivity index (χ4n) is 5.46. The first kappa shape index (κ1) is 32.6. The number of phenols is 1. The fraction of sp³-hybridized carbons (Fsp3) is 0.417. The van der Waals surface area contributed by atoms with E-state index in [0.29, 0.717) is 34.5 Å². The molecule has 0 bridgehead atoms. The summed E-state index contributed by atoms with van der Waals surface area (Å²) in [5.74, 6) is -0.116. The molecule has 0 saturated heterocycles. The molecule has 0 aliphatic rings. The summed E-state index contributed by atoms with van der Waals surface area (Å²) in [6.07, 6.45) is 15.4. The SMILES string of the molecule is CCCCCCCCCCCCCCOc1ccccc1NC(=O)c1ccc2c(NCn3c(O)ccc3O)cccc2c1O. The Morgan fingerprint density at radius 1 is 0.682 bits per heavy atom. The molecule has 44 heavy (non-hydrogen) atoms. The number of carbonyl (C=O) groups is 1. The summed E-state index contributed by atoms with van der Waals surface area (Å²) in [6.45, 7) is 2.95. The summed E-state index contributed by atoms with van der Waals surface area (Å²) < 4.78 is 7.34. The molecule has 0 atom stereocenters. The Labute approximate surface area is 260 Å². The third-order valence-electron chi connectivity index (χ3n) is 8.03. The zero-order valence-corrected chi connectivity index (χ0v) is 25.9. The van der Waals surface area contributed by atoms with E-state index in [1.54, 1.807) is 30.3 Å². The first-order valence-electron chi connectivity index (χ1n) is 16.1. The number of carbonyl (C=O) groups excluding carboxylic acids is 1. The van der Waals surface area contributed by atoms with Crippen LogP contribution < -0.4 is 15.4 Å². The number of hydrogen-bond donors (Lipinski definition) is 5. The molecule has 8 heteroatoms. The second-order valence-corrected chi connectivity index (χ2v) is 11.4. The van der Waals surface area contributed by atoms with Gasteiger partial charge in [0.15, 0.2) is 11.8 Å². The lowest BCUT2D eigenvalue weighted by Crippen LogP contribution is -2.13. The van der Waals surface area contributed by atoms with Gasteiger partial charge in [-0.2, -0.15) is 0 Å². The summed E-state index contributed by atoms with van der Waals surface area (Å²) in [5.41, 5.74) is 1.37. The molecular weight excluding hydrogens is 554 g/mol. The molecule has 0 aliphatic heterocycles. The lowest BCUT2D eigenvalue weighted by atomic mass is 10.0. The predicted molar refractivity (Wildman–Crippen MR) is 178 cm³/mol. The fourth-order valence-corrected chi connectivity index (χ4v) is 5.46. The Morgan fingerprint density at radius 3 is 1.98 bits per heavy atom. The molecule has 3 aromatic carbocycles. The Hall–Kier alpha value is -4.33.